The van der Waals surface area contributed by atoms with E-state index in [1.165, 1.54) is 0 Å². The SMILES string of the molecule is CC1(n2c(=O)[nH]c(=O)[nH]c2=O)CCCCC1. The van der Waals surface area contributed by atoms with Gasteiger partial charge in [0.25, 0.3) is 0 Å². The quantitative estimate of drug-likeness (QED) is 0.699. The number of nitrogens with zero attached hydrogens (tertiary/aromatic N) is 1. The van der Waals surface area contributed by atoms with Crippen molar-refractivity contribution < 1.29 is 0 Å². The monoisotopic (exact) mass is 225 g/mol. The Bertz CT molecular complexity index is 511. The minimum absolute atomic E-state index is 0.465. The lowest BCUT2D eigenvalue weighted by molar-refractivity contribution is 0.200. The molecule has 0 aromatic carbocycles. The van der Waals surface area contributed by atoms with Crippen molar-refractivity contribution in [1.29, 1.82) is 0 Å². The van der Waals surface area contributed by atoms with Crippen molar-refractivity contribution in [2.75, 3.05) is 0 Å². The molecule has 0 atom stereocenters. The van der Waals surface area contributed by atoms with Crippen molar-refractivity contribution in [2.24, 2.45) is 0 Å². The van der Waals surface area contributed by atoms with Crippen molar-refractivity contribution in [3.05, 3.63) is 31.5 Å². The fourth-order valence-electron chi connectivity index (χ4n) is 2.46. The van der Waals surface area contributed by atoms with E-state index in [0.717, 1.165) is 36.7 Å². The van der Waals surface area contributed by atoms with Gasteiger partial charge in [-0.05, 0) is 19.8 Å². The molecule has 88 valence electrons. The van der Waals surface area contributed by atoms with Gasteiger partial charge in [0.1, 0.15) is 0 Å². The number of rotatable bonds is 1. The maximum Gasteiger partial charge on any atom is 0.334 e. The normalized spacial score (nSPS) is 19.6. The zero-order valence-corrected chi connectivity index (χ0v) is 9.21. The number of aromatic amines is 2. The summed E-state index contributed by atoms with van der Waals surface area (Å²) in [6.45, 7) is 1.89. The summed E-state index contributed by atoms with van der Waals surface area (Å²) in [6.07, 6.45) is 4.72. The molecule has 0 radical (unpaired) electrons. The fraction of sp³-hybridized carbons (Fsp3) is 0.700. The van der Waals surface area contributed by atoms with Gasteiger partial charge in [0, 0.05) is 0 Å². The molecule has 1 aliphatic rings. The van der Waals surface area contributed by atoms with Gasteiger partial charge in [-0.15, -0.1) is 0 Å². The Labute approximate surface area is 91.3 Å². The average Bonchev–Trinajstić information content (AvgIpc) is 2.16. The summed E-state index contributed by atoms with van der Waals surface area (Å²) in [5.74, 6) is 0. The molecular weight excluding hydrogens is 210 g/mol. The van der Waals surface area contributed by atoms with Crippen LogP contribution in [0, 0.1) is 0 Å². The van der Waals surface area contributed by atoms with Gasteiger partial charge < -0.3 is 0 Å². The molecule has 0 saturated heterocycles. The van der Waals surface area contributed by atoms with Crippen molar-refractivity contribution in [1.82, 2.24) is 14.5 Å². The van der Waals surface area contributed by atoms with Crippen LogP contribution < -0.4 is 17.1 Å². The van der Waals surface area contributed by atoms with Crippen LogP contribution in [0.2, 0.25) is 0 Å². The zero-order chi connectivity index (χ0) is 11.8. The first-order valence-corrected chi connectivity index (χ1v) is 5.49. The number of aromatic nitrogens is 3. The molecule has 2 N–H and O–H groups in total. The van der Waals surface area contributed by atoms with Crippen LogP contribution in [0.1, 0.15) is 39.0 Å². The molecule has 2 rings (SSSR count). The number of H-pyrrole nitrogens is 2. The van der Waals surface area contributed by atoms with Crippen LogP contribution in [0.4, 0.5) is 0 Å². The minimum Gasteiger partial charge on any atom is -0.259 e. The van der Waals surface area contributed by atoms with Crippen LogP contribution in [0.25, 0.3) is 0 Å². The fourth-order valence-corrected chi connectivity index (χ4v) is 2.46. The number of hydrogen-bond acceptors (Lipinski definition) is 3. The second-order valence-corrected chi connectivity index (χ2v) is 4.58. The van der Waals surface area contributed by atoms with Crippen molar-refractivity contribution >= 4 is 0 Å². The van der Waals surface area contributed by atoms with Crippen LogP contribution in [0.5, 0.6) is 0 Å². The second kappa shape index (κ2) is 3.77. The molecular formula is C10H15N3O3. The number of hydrogen-bond donors (Lipinski definition) is 2. The molecule has 6 nitrogen and oxygen atoms in total. The van der Waals surface area contributed by atoms with Gasteiger partial charge in [-0.1, -0.05) is 19.3 Å². The molecule has 1 aromatic rings. The molecule has 1 fully saturated rings. The predicted octanol–water partition coefficient (Wildman–Crippen LogP) is -0.0958. The zero-order valence-electron chi connectivity index (χ0n) is 9.21. The third-order valence-electron chi connectivity index (χ3n) is 3.32. The van der Waals surface area contributed by atoms with E-state index < -0.39 is 22.6 Å². The van der Waals surface area contributed by atoms with Gasteiger partial charge in [0.05, 0.1) is 5.54 Å². The summed E-state index contributed by atoms with van der Waals surface area (Å²) in [7, 11) is 0. The Morgan fingerprint density at radius 1 is 1.00 bits per heavy atom. The maximum absolute atomic E-state index is 11.7. The molecule has 0 aliphatic heterocycles. The largest absolute Gasteiger partial charge is 0.334 e. The minimum atomic E-state index is -0.745. The Hall–Kier alpha value is -1.59. The van der Waals surface area contributed by atoms with Crippen LogP contribution in [-0.4, -0.2) is 14.5 Å². The summed E-state index contributed by atoms with van der Waals surface area (Å²) in [4.78, 5) is 38.4. The third kappa shape index (κ3) is 1.75. The highest BCUT2D eigenvalue weighted by Crippen LogP contribution is 2.31. The van der Waals surface area contributed by atoms with Crippen LogP contribution in [-0.2, 0) is 5.54 Å². The van der Waals surface area contributed by atoms with Gasteiger partial charge in [-0.25, -0.2) is 19.0 Å². The molecule has 1 aromatic heterocycles. The van der Waals surface area contributed by atoms with Crippen molar-refractivity contribution in [3.8, 4) is 0 Å². The van der Waals surface area contributed by atoms with Crippen molar-refractivity contribution in [3.63, 3.8) is 0 Å². The molecule has 0 spiro atoms. The summed E-state index contributed by atoms with van der Waals surface area (Å²) in [5, 5.41) is 0. The lowest BCUT2D eigenvalue weighted by atomic mass is 9.83. The van der Waals surface area contributed by atoms with Gasteiger partial charge in [0.15, 0.2) is 0 Å². The standard InChI is InChI=1S/C10H15N3O3/c1-10(5-3-2-4-6-10)13-8(15)11-7(14)12-9(13)16/h2-6H2,1H3,(H2,11,12,14,15,16). The van der Waals surface area contributed by atoms with E-state index in [4.69, 9.17) is 0 Å². The first-order chi connectivity index (χ1) is 7.53. The highest BCUT2D eigenvalue weighted by molar-refractivity contribution is 4.88. The van der Waals surface area contributed by atoms with Crippen molar-refractivity contribution in [2.45, 2.75) is 44.6 Å². The van der Waals surface area contributed by atoms with Crippen LogP contribution in [0.15, 0.2) is 14.4 Å². The third-order valence-corrected chi connectivity index (χ3v) is 3.32. The Kier molecular flexibility index (Phi) is 2.57. The molecule has 16 heavy (non-hydrogen) atoms. The number of nitrogens with one attached hydrogen (secondary N) is 2. The smallest absolute Gasteiger partial charge is 0.259 e. The van der Waals surface area contributed by atoms with Crippen LogP contribution in [0.3, 0.4) is 0 Å². The Morgan fingerprint density at radius 3 is 2.00 bits per heavy atom. The van der Waals surface area contributed by atoms with E-state index in [1.807, 2.05) is 6.92 Å². The van der Waals surface area contributed by atoms with Gasteiger partial charge in [-0.2, -0.15) is 0 Å². The maximum atomic E-state index is 11.7. The molecule has 6 heteroatoms. The molecule has 1 aliphatic carbocycles. The average molecular weight is 225 g/mol. The summed E-state index contributed by atoms with van der Waals surface area (Å²) >= 11 is 0. The predicted molar refractivity (Wildman–Crippen MR) is 58.7 cm³/mol. The van der Waals surface area contributed by atoms with Gasteiger partial charge in [-0.3, -0.25) is 9.97 Å². The highest BCUT2D eigenvalue weighted by Gasteiger charge is 2.31. The van der Waals surface area contributed by atoms with Gasteiger partial charge in [0.2, 0.25) is 0 Å². The summed E-state index contributed by atoms with van der Waals surface area (Å²) in [5.41, 5.74) is -2.44. The lowest BCUT2D eigenvalue weighted by Crippen LogP contribution is -2.52. The van der Waals surface area contributed by atoms with E-state index in [-0.39, 0.29) is 0 Å². The first-order valence-electron chi connectivity index (χ1n) is 5.49. The van der Waals surface area contributed by atoms with E-state index in [9.17, 15) is 14.4 Å². The Balaban J connectivity index is 2.59. The summed E-state index contributed by atoms with van der Waals surface area (Å²) < 4.78 is 1.15. The molecule has 0 bridgehead atoms. The van der Waals surface area contributed by atoms with Gasteiger partial charge >= 0.3 is 17.1 Å². The first kappa shape index (κ1) is 10.9. The lowest BCUT2D eigenvalue weighted by Gasteiger charge is -2.33. The molecule has 0 amide bonds. The highest BCUT2D eigenvalue weighted by atomic mass is 16.2. The topological polar surface area (TPSA) is 87.7 Å². The van der Waals surface area contributed by atoms with E-state index in [2.05, 4.69) is 9.97 Å². The molecule has 0 unspecified atom stereocenters. The van der Waals surface area contributed by atoms with E-state index in [0.29, 0.717) is 0 Å². The Morgan fingerprint density at radius 2 is 1.50 bits per heavy atom. The summed E-state index contributed by atoms with van der Waals surface area (Å²) in [6, 6.07) is 0. The van der Waals surface area contributed by atoms with E-state index >= 15 is 0 Å². The molecule has 1 heterocycles. The van der Waals surface area contributed by atoms with Crippen LogP contribution >= 0.6 is 0 Å². The van der Waals surface area contributed by atoms with E-state index in [1.54, 1.807) is 0 Å². The molecule has 1 saturated carbocycles. The second-order valence-electron chi connectivity index (χ2n) is 4.58.